The third-order valence-corrected chi connectivity index (χ3v) is 6.12. The standard InChI is InChI=1S/C12H25N3O2S/c1-11-9-14-7-3-2-5-12(14)10-15(11)18(16,17)8-4-6-13/h11-12H,2-10,13H2,1H3. The summed E-state index contributed by atoms with van der Waals surface area (Å²) in [6.45, 7) is 5.15. The van der Waals surface area contributed by atoms with Crippen LogP contribution in [-0.4, -0.2) is 61.6 Å². The Hall–Kier alpha value is -0.170. The summed E-state index contributed by atoms with van der Waals surface area (Å²) < 4.78 is 26.3. The van der Waals surface area contributed by atoms with Gasteiger partial charge in [-0.25, -0.2) is 8.42 Å². The molecule has 2 fully saturated rings. The van der Waals surface area contributed by atoms with E-state index < -0.39 is 10.0 Å². The molecule has 5 nitrogen and oxygen atoms in total. The molecule has 2 saturated heterocycles. The van der Waals surface area contributed by atoms with E-state index in [9.17, 15) is 8.42 Å². The first-order chi connectivity index (χ1) is 8.54. The molecule has 18 heavy (non-hydrogen) atoms. The zero-order valence-corrected chi connectivity index (χ0v) is 12.0. The third-order valence-electron chi connectivity index (χ3n) is 4.09. The molecule has 0 spiro atoms. The summed E-state index contributed by atoms with van der Waals surface area (Å²) >= 11 is 0. The van der Waals surface area contributed by atoms with Crippen molar-refractivity contribution in [2.45, 2.75) is 44.7 Å². The maximum Gasteiger partial charge on any atom is 0.214 e. The van der Waals surface area contributed by atoms with Crippen molar-refractivity contribution in [2.75, 3.05) is 31.9 Å². The Bertz CT molecular complexity index is 372. The molecule has 106 valence electrons. The maximum absolute atomic E-state index is 12.3. The molecule has 0 bridgehead atoms. The van der Waals surface area contributed by atoms with Gasteiger partial charge in [0.1, 0.15) is 0 Å². The number of piperidine rings is 1. The van der Waals surface area contributed by atoms with Crippen LogP contribution in [0.1, 0.15) is 32.6 Å². The number of sulfonamides is 1. The summed E-state index contributed by atoms with van der Waals surface area (Å²) in [6.07, 6.45) is 4.17. The van der Waals surface area contributed by atoms with Crippen LogP contribution in [0.2, 0.25) is 0 Å². The van der Waals surface area contributed by atoms with Gasteiger partial charge in [-0.1, -0.05) is 6.42 Å². The molecule has 0 aromatic rings. The minimum absolute atomic E-state index is 0.0992. The van der Waals surface area contributed by atoms with Gasteiger partial charge >= 0.3 is 0 Å². The first-order valence-electron chi connectivity index (χ1n) is 6.98. The fraction of sp³-hybridized carbons (Fsp3) is 1.00. The highest BCUT2D eigenvalue weighted by atomic mass is 32.2. The number of rotatable bonds is 4. The van der Waals surface area contributed by atoms with Crippen LogP contribution in [0.4, 0.5) is 0 Å². The fourth-order valence-corrected chi connectivity index (χ4v) is 4.88. The zero-order valence-electron chi connectivity index (χ0n) is 11.2. The van der Waals surface area contributed by atoms with Crippen LogP contribution in [0.25, 0.3) is 0 Å². The molecule has 2 unspecified atom stereocenters. The Morgan fingerprint density at radius 3 is 2.78 bits per heavy atom. The van der Waals surface area contributed by atoms with Crippen LogP contribution >= 0.6 is 0 Å². The Morgan fingerprint density at radius 1 is 1.28 bits per heavy atom. The summed E-state index contributed by atoms with van der Waals surface area (Å²) in [6, 6.07) is 0.532. The van der Waals surface area contributed by atoms with E-state index in [1.165, 1.54) is 12.8 Å². The highest BCUT2D eigenvalue weighted by molar-refractivity contribution is 7.89. The number of piperazine rings is 1. The molecule has 6 heteroatoms. The lowest BCUT2D eigenvalue weighted by Crippen LogP contribution is -2.60. The molecule has 0 saturated carbocycles. The molecular weight excluding hydrogens is 250 g/mol. The minimum atomic E-state index is -3.12. The van der Waals surface area contributed by atoms with Crippen LogP contribution in [0.15, 0.2) is 0 Å². The molecule has 2 atom stereocenters. The Labute approximate surface area is 110 Å². The normalized spacial score (nSPS) is 31.2. The second kappa shape index (κ2) is 5.86. The van der Waals surface area contributed by atoms with Gasteiger partial charge in [0.25, 0.3) is 0 Å². The predicted molar refractivity (Wildman–Crippen MR) is 72.8 cm³/mol. The molecular formula is C12H25N3O2S. The van der Waals surface area contributed by atoms with Gasteiger partial charge in [0.05, 0.1) is 5.75 Å². The van der Waals surface area contributed by atoms with Gasteiger partial charge < -0.3 is 5.73 Å². The van der Waals surface area contributed by atoms with Gasteiger partial charge in [-0.15, -0.1) is 0 Å². The van der Waals surface area contributed by atoms with Gasteiger partial charge in [0.2, 0.25) is 10.0 Å². The van der Waals surface area contributed by atoms with Crippen LogP contribution in [0.3, 0.4) is 0 Å². The van der Waals surface area contributed by atoms with Gasteiger partial charge in [0, 0.05) is 25.2 Å². The number of nitrogens with two attached hydrogens (primary N) is 1. The second-order valence-corrected chi connectivity index (χ2v) is 7.56. The van der Waals surface area contributed by atoms with Crippen molar-refractivity contribution in [3.63, 3.8) is 0 Å². The van der Waals surface area contributed by atoms with Crippen LogP contribution in [0.5, 0.6) is 0 Å². The SMILES string of the molecule is CC1CN2CCCCC2CN1S(=O)(=O)CCCN. The highest BCUT2D eigenvalue weighted by Gasteiger charge is 2.38. The number of fused-ring (bicyclic) bond motifs is 1. The van der Waals surface area contributed by atoms with E-state index in [4.69, 9.17) is 5.73 Å². The molecule has 0 aliphatic carbocycles. The first-order valence-corrected chi connectivity index (χ1v) is 8.59. The quantitative estimate of drug-likeness (QED) is 0.797. The lowest BCUT2D eigenvalue weighted by molar-refractivity contribution is 0.0564. The van der Waals surface area contributed by atoms with Crippen molar-refractivity contribution in [2.24, 2.45) is 5.73 Å². The summed E-state index contributed by atoms with van der Waals surface area (Å²) in [4.78, 5) is 2.46. The van der Waals surface area contributed by atoms with Gasteiger partial charge in [-0.3, -0.25) is 4.90 Å². The van der Waals surface area contributed by atoms with Crippen molar-refractivity contribution in [3.05, 3.63) is 0 Å². The van der Waals surface area contributed by atoms with E-state index >= 15 is 0 Å². The topological polar surface area (TPSA) is 66.6 Å². The molecule has 0 aromatic carbocycles. The Balaban J connectivity index is 2.04. The summed E-state index contributed by atoms with van der Waals surface area (Å²) in [5.41, 5.74) is 5.41. The minimum Gasteiger partial charge on any atom is -0.330 e. The van der Waals surface area contributed by atoms with E-state index in [1.807, 2.05) is 6.92 Å². The number of hydrogen-bond donors (Lipinski definition) is 1. The molecule has 2 aliphatic rings. The molecule has 2 N–H and O–H groups in total. The van der Waals surface area contributed by atoms with Crippen LogP contribution in [-0.2, 0) is 10.0 Å². The summed E-state index contributed by atoms with van der Waals surface area (Å²) in [5, 5.41) is 0. The third kappa shape index (κ3) is 3.04. The lowest BCUT2D eigenvalue weighted by atomic mass is 9.99. The van der Waals surface area contributed by atoms with E-state index in [0.717, 1.165) is 19.5 Å². The fourth-order valence-electron chi connectivity index (χ4n) is 3.10. The number of nitrogens with zero attached hydrogens (tertiary/aromatic N) is 2. The molecule has 0 radical (unpaired) electrons. The van der Waals surface area contributed by atoms with Crippen molar-refractivity contribution >= 4 is 10.0 Å². The van der Waals surface area contributed by atoms with Crippen LogP contribution in [0, 0.1) is 0 Å². The van der Waals surface area contributed by atoms with Crippen molar-refractivity contribution in [1.29, 1.82) is 0 Å². The molecule has 2 rings (SSSR count). The van der Waals surface area contributed by atoms with Gasteiger partial charge in [-0.05, 0) is 39.3 Å². The van der Waals surface area contributed by atoms with Crippen molar-refractivity contribution in [1.82, 2.24) is 9.21 Å². The summed E-state index contributed by atoms with van der Waals surface area (Å²) in [7, 11) is -3.12. The smallest absolute Gasteiger partial charge is 0.214 e. The van der Waals surface area contributed by atoms with E-state index in [-0.39, 0.29) is 11.8 Å². The van der Waals surface area contributed by atoms with E-state index in [1.54, 1.807) is 4.31 Å². The lowest BCUT2D eigenvalue weighted by Gasteiger charge is -2.46. The largest absolute Gasteiger partial charge is 0.330 e. The van der Waals surface area contributed by atoms with Gasteiger partial charge in [0.15, 0.2) is 0 Å². The molecule has 0 amide bonds. The Morgan fingerprint density at radius 2 is 2.06 bits per heavy atom. The molecule has 0 aromatic heterocycles. The van der Waals surface area contributed by atoms with E-state index in [2.05, 4.69) is 4.90 Å². The van der Waals surface area contributed by atoms with E-state index in [0.29, 0.717) is 25.6 Å². The molecule has 2 heterocycles. The van der Waals surface area contributed by atoms with Crippen molar-refractivity contribution < 1.29 is 8.42 Å². The van der Waals surface area contributed by atoms with Crippen LogP contribution < -0.4 is 5.73 Å². The average molecular weight is 275 g/mol. The maximum atomic E-state index is 12.3. The zero-order chi connectivity index (χ0) is 13.2. The Kier molecular flexibility index (Phi) is 4.64. The molecule has 2 aliphatic heterocycles. The number of hydrogen-bond acceptors (Lipinski definition) is 4. The monoisotopic (exact) mass is 275 g/mol. The second-order valence-electron chi connectivity index (χ2n) is 5.52. The predicted octanol–water partition coefficient (Wildman–Crippen LogP) is 0.224. The first kappa shape index (κ1) is 14.2. The average Bonchev–Trinajstić information content (AvgIpc) is 2.35. The summed E-state index contributed by atoms with van der Waals surface area (Å²) in [5.74, 6) is 0.195. The van der Waals surface area contributed by atoms with Crippen molar-refractivity contribution in [3.8, 4) is 0 Å². The highest BCUT2D eigenvalue weighted by Crippen LogP contribution is 2.26. The van der Waals surface area contributed by atoms with Gasteiger partial charge in [-0.2, -0.15) is 4.31 Å².